The molecule has 3 rings (SSSR count). The first-order valence-corrected chi connectivity index (χ1v) is 8.00. The van der Waals surface area contributed by atoms with Crippen molar-refractivity contribution in [1.82, 2.24) is 9.78 Å². The van der Waals surface area contributed by atoms with Gasteiger partial charge in [0.2, 0.25) is 0 Å². The first kappa shape index (κ1) is 14.2. The van der Waals surface area contributed by atoms with Crippen LogP contribution in [0.25, 0.3) is 0 Å². The summed E-state index contributed by atoms with van der Waals surface area (Å²) in [4.78, 5) is 0. The van der Waals surface area contributed by atoms with E-state index in [-0.39, 0.29) is 0 Å². The predicted molar refractivity (Wildman–Crippen MR) is 87.9 cm³/mol. The number of anilines is 2. The molecule has 0 saturated carbocycles. The highest BCUT2D eigenvalue weighted by atomic mass is 15.3. The summed E-state index contributed by atoms with van der Waals surface area (Å²) in [5, 5.41) is 8.27. The summed E-state index contributed by atoms with van der Waals surface area (Å²) < 4.78 is 2.01. The number of benzene rings is 1. The fourth-order valence-corrected chi connectivity index (χ4v) is 3.45. The summed E-state index contributed by atoms with van der Waals surface area (Å²) in [6.45, 7) is 4.64. The van der Waals surface area contributed by atoms with Crippen LogP contribution in [-0.4, -0.2) is 9.78 Å². The van der Waals surface area contributed by atoms with Crippen LogP contribution in [0.15, 0.2) is 30.3 Å². The maximum atomic E-state index is 4.72. The molecule has 1 N–H and O–H groups in total. The van der Waals surface area contributed by atoms with Crippen molar-refractivity contribution in [1.29, 1.82) is 0 Å². The average Bonchev–Trinajstić information content (AvgIpc) is 2.76. The molecule has 112 valence electrons. The van der Waals surface area contributed by atoms with Gasteiger partial charge in [0, 0.05) is 18.3 Å². The molecule has 3 heteroatoms. The van der Waals surface area contributed by atoms with Gasteiger partial charge in [0.25, 0.3) is 0 Å². The molecule has 0 bridgehead atoms. The van der Waals surface area contributed by atoms with Crippen molar-refractivity contribution >= 4 is 11.5 Å². The van der Waals surface area contributed by atoms with Gasteiger partial charge in [-0.05, 0) is 49.7 Å². The lowest BCUT2D eigenvalue weighted by atomic mass is 9.82. The third-order valence-corrected chi connectivity index (χ3v) is 4.35. The molecular formula is C18H25N3. The Labute approximate surface area is 127 Å². The van der Waals surface area contributed by atoms with Crippen LogP contribution in [0.4, 0.5) is 11.5 Å². The number of hydrogen-bond acceptors (Lipinski definition) is 2. The third-order valence-electron chi connectivity index (χ3n) is 4.35. The Balaban J connectivity index is 1.84. The zero-order chi connectivity index (χ0) is 14.8. The van der Waals surface area contributed by atoms with Crippen LogP contribution in [0, 0.1) is 11.8 Å². The Bertz CT molecular complexity index is 598. The minimum Gasteiger partial charge on any atom is -0.340 e. The van der Waals surface area contributed by atoms with Crippen LogP contribution < -0.4 is 5.32 Å². The Morgan fingerprint density at radius 2 is 2.05 bits per heavy atom. The molecule has 1 atom stereocenters. The monoisotopic (exact) mass is 283 g/mol. The van der Waals surface area contributed by atoms with Crippen LogP contribution >= 0.6 is 0 Å². The van der Waals surface area contributed by atoms with Gasteiger partial charge in [0.15, 0.2) is 0 Å². The Morgan fingerprint density at radius 3 is 2.76 bits per heavy atom. The minimum absolute atomic E-state index is 0.777. The fraction of sp³-hybridized carbons (Fsp3) is 0.500. The van der Waals surface area contributed by atoms with E-state index in [1.54, 1.807) is 0 Å². The van der Waals surface area contributed by atoms with Gasteiger partial charge in [-0.2, -0.15) is 5.10 Å². The number of nitrogens with zero attached hydrogens (tertiary/aromatic N) is 2. The maximum Gasteiger partial charge on any atom is 0.131 e. The van der Waals surface area contributed by atoms with Gasteiger partial charge in [0.05, 0.1) is 5.69 Å². The lowest BCUT2D eigenvalue weighted by Gasteiger charge is -2.23. The Morgan fingerprint density at radius 1 is 1.29 bits per heavy atom. The average molecular weight is 283 g/mol. The van der Waals surface area contributed by atoms with E-state index < -0.39 is 0 Å². The summed E-state index contributed by atoms with van der Waals surface area (Å²) >= 11 is 0. The van der Waals surface area contributed by atoms with Crippen molar-refractivity contribution in [2.75, 3.05) is 5.32 Å². The second-order valence-corrected chi connectivity index (χ2v) is 6.63. The smallest absolute Gasteiger partial charge is 0.131 e. The summed E-state index contributed by atoms with van der Waals surface area (Å²) in [5.41, 5.74) is 3.85. The second-order valence-electron chi connectivity index (χ2n) is 6.63. The van der Waals surface area contributed by atoms with Gasteiger partial charge in [-0.25, -0.2) is 0 Å². The number of fused-ring (bicyclic) bond motifs is 1. The van der Waals surface area contributed by atoms with Gasteiger partial charge in [-0.15, -0.1) is 0 Å². The molecular weight excluding hydrogens is 258 g/mol. The van der Waals surface area contributed by atoms with Crippen LogP contribution in [0.3, 0.4) is 0 Å². The topological polar surface area (TPSA) is 29.9 Å². The minimum atomic E-state index is 0.777. The van der Waals surface area contributed by atoms with E-state index in [2.05, 4.69) is 43.4 Å². The van der Waals surface area contributed by atoms with E-state index in [4.69, 9.17) is 5.10 Å². The van der Waals surface area contributed by atoms with E-state index in [1.165, 1.54) is 29.9 Å². The third kappa shape index (κ3) is 3.12. The van der Waals surface area contributed by atoms with Gasteiger partial charge in [-0.1, -0.05) is 32.0 Å². The van der Waals surface area contributed by atoms with Crippen molar-refractivity contribution in [3.63, 3.8) is 0 Å². The van der Waals surface area contributed by atoms with Crippen LogP contribution in [-0.2, 0) is 19.9 Å². The van der Waals surface area contributed by atoms with Crippen molar-refractivity contribution < 1.29 is 0 Å². The van der Waals surface area contributed by atoms with Crippen LogP contribution in [0.5, 0.6) is 0 Å². The van der Waals surface area contributed by atoms with Gasteiger partial charge in [0.1, 0.15) is 5.82 Å². The number of para-hydroxylation sites is 1. The molecule has 0 amide bonds. The SMILES string of the molecule is CC(C)CC1CCc2nn(C)c(Nc3ccccc3)c2C1. The molecule has 0 radical (unpaired) electrons. The molecule has 1 aliphatic carbocycles. The van der Waals surface area contributed by atoms with E-state index >= 15 is 0 Å². The standard InChI is InChI=1S/C18H25N3/c1-13(2)11-14-9-10-17-16(12-14)18(21(3)20-17)19-15-7-5-4-6-8-15/h4-8,13-14,19H,9-12H2,1-3H3. The quantitative estimate of drug-likeness (QED) is 0.906. The summed E-state index contributed by atoms with van der Waals surface area (Å²) in [7, 11) is 2.04. The lowest BCUT2D eigenvalue weighted by Crippen LogP contribution is -2.16. The van der Waals surface area contributed by atoms with Crippen molar-refractivity contribution in [3.05, 3.63) is 41.6 Å². The molecule has 1 unspecified atom stereocenters. The number of nitrogens with one attached hydrogen (secondary N) is 1. The molecule has 2 aromatic rings. The van der Waals surface area contributed by atoms with Gasteiger partial charge in [-0.3, -0.25) is 4.68 Å². The normalized spacial score (nSPS) is 17.8. The molecule has 0 fully saturated rings. The molecule has 1 heterocycles. The Hall–Kier alpha value is -1.77. The van der Waals surface area contributed by atoms with Crippen LogP contribution in [0.2, 0.25) is 0 Å². The van der Waals surface area contributed by atoms with E-state index in [0.29, 0.717) is 0 Å². The van der Waals surface area contributed by atoms with Crippen LogP contribution in [0.1, 0.15) is 37.9 Å². The molecule has 1 aliphatic rings. The van der Waals surface area contributed by atoms with Crippen molar-refractivity contribution in [2.24, 2.45) is 18.9 Å². The second kappa shape index (κ2) is 5.92. The number of aromatic nitrogens is 2. The molecule has 1 aromatic heterocycles. The molecule has 1 aromatic carbocycles. The first-order valence-electron chi connectivity index (χ1n) is 8.00. The predicted octanol–water partition coefficient (Wildman–Crippen LogP) is 4.31. The molecule has 0 spiro atoms. The lowest BCUT2D eigenvalue weighted by molar-refractivity contribution is 0.369. The highest BCUT2D eigenvalue weighted by molar-refractivity contribution is 5.61. The van der Waals surface area contributed by atoms with Crippen molar-refractivity contribution in [3.8, 4) is 0 Å². The van der Waals surface area contributed by atoms with E-state index in [9.17, 15) is 0 Å². The number of hydrogen-bond donors (Lipinski definition) is 1. The molecule has 0 aliphatic heterocycles. The largest absolute Gasteiger partial charge is 0.340 e. The zero-order valence-corrected chi connectivity index (χ0v) is 13.3. The number of rotatable bonds is 4. The first-order chi connectivity index (χ1) is 10.1. The molecule has 0 saturated heterocycles. The summed E-state index contributed by atoms with van der Waals surface area (Å²) in [6, 6.07) is 10.4. The highest BCUT2D eigenvalue weighted by Gasteiger charge is 2.25. The summed E-state index contributed by atoms with van der Waals surface area (Å²) in [6.07, 6.45) is 4.89. The zero-order valence-electron chi connectivity index (χ0n) is 13.3. The van der Waals surface area contributed by atoms with E-state index in [0.717, 1.165) is 30.4 Å². The molecule has 21 heavy (non-hydrogen) atoms. The highest BCUT2D eigenvalue weighted by Crippen LogP contribution is 2.34. The summed E-state index contributed by atoms with van der Waals surface area (Å²) in [5.74, 6) is 2.75. The maximum absolute atomic E-state index is 4.72. The fourth-order valence-electron chi connectivity index (χ4n) is 3.45. The Kier molecular flexibility index (Phi) is 4.00. The van der Waals surface area contributed by atoms with Gasteiger partial charge >= 0.3 is 0 Å². The van der Waals surface area contributed by atoms with Crippen molar-refractivity contribution in [2.45, 2.75) is 39.5 Å². The van der Waals surface area contributed by atoms with Gasteiger partial charge < -0.3 is 5.32 Å². The molecule has 3 nitrogen and oxygen atoms in total. The van der Waals surface area contributed by atoms with E-state index in [1.807, 2.05) is 17.8 Å². The number of aryl methyl sites for hydroxylation is 2.